The summed E-state index contributed by atoms with van der Waals surface area (Å²) in [5.41, 5.74) is 3.37. The van der Waals surface area contributed by atoms with Gasteiger partial charge in [-0.3, -0.25) is 5.10 Å². The molecule has 1 aromatic heterocycles. The van der Waals surface area contributed by atoms with E-state index in [0.29, 0.717) is 6.04 Å². The maximum absolute atomic E-state index is 5.40. The fourth-order valence-corrected chi connectivity index (χ4v) is 2.57. The summed E-state index contributed by atoms with van der Waals surface area (Å²) in [4.78, 5) is 0. The van der Waals surface area contributed by atoms with Gasteiger partial charge in [-0.15, -0.1) is 0 Å². The van der Waals surface area contributed by atoms with Crippen molar-refractivity contribution in [2.45, 2.75) is 19.4 Å². The maximum atomic E-state index is 5.40. The molecule has 3 aromatic rings. The van der Waals surface area contributed by atoms with E-state index in [1.54, 1.807) is 7.11 Å². The van der Waals surface area contributed by atoms with Crippen LogP contribution in [0, 0.1) is 0 Å². The lowest BCUT2D eigenvalue weighted by molar-refractivity contribution is 0.409. The van der Waals surface area contributed by atoms with Crippen LogP contribution in [0.15, 0.2) is 48.7 Å². The molecule has 0 saturated heterocycles. The monoisotopic (exact) mass is 281 g/mol. The van der Waals surface area contributed by atoms with Gasteiger partial charge in [0.2, 0.25) is 0 Å². The Bertz CT molecular complexity index is 735. The van der Waals surface area contributed by atoms with Crippen molar-refractivity contribution in [3.63, 3.8) is 0 Å². The van der Waals surface area contributed by atoms with E-state index in [1.165, 1.54) is 5.56 Å². The van der Waals surface area contributed by atoms with Crippen molar-refractivity contribution in [3.8, 4) is 5.75 Å². The first-order valence-electron chi connectivity index (χ1n) is 7.08. The van der Waals surface area contributed by atoms with E-state index in [1.807, 2.05) is 30.5 Å². The summed E-state index contributed by atoms with van der Waals surface area (Å²) >= 11 is 0. The molecule has 3 rings (SSSR count). The summed E-state index contributed by atoms with van der Waals surface area (Å²) < 4.78 is 5.40. The van der Waals surface area contributed by atoms with Crippen LogP contribution >= 0.6 is 0 Å². The average Bonchev–Trinajstić information content (AvgIpc) is 2.95. The molecule has 1 atom stereocenters. The van der Waals surface area contributed by atoms with E-state index in [2.05, 4.69) is 40.6 Å². The number of methoxy groups -OCH3 is 1. The second-order valence-electron chi connectivity index (χ2n) is 5.23. The van der Waals surface area contributed by atoms with Gasteiger partial charge in [0.1, 0.15) is 5.75 Å². The third-order valence-electron chi connectivity index (χ3n) is 3.57. The standard InChI is InChI=1S/C17H19N3O/c1-12(9-13-5-3-4-6-17(13)21-2)19-15-7-8-16-14(10-15)11-18-20-16/h3-8,10-12,19H,9H2,1-2H3,(H,18,20). The highest BCUT2D eigenvalue weighted by atomic mass is 16.5. The van der Waals surface area contributed by atoms with Crippen molar-refractivity contribution in [2.24, 2.45) is 0 Å². The number of benzene rings is 2. The Morgan fingerprint density at radius 3 is 2.95 bits per heavy atom. The van der Waals surface area contributed by atoms with Gasteiger partial charge in [0.15, 0.2) is 0 Å². The van der Waals surface area contributed by atoms with Crippen LogP contribution in [0.25, 0.3) is 10.9 Å². The van der Waals surface area contributed by atoms with Gasteiger partial charge < -0.3 is 10.1 Å². The van der Waals surface area contributed by atoms with Crippen molar-refractivity contribution in [1.82, 2.24) is 10.2 Å². The lowest BCUT2D eigenvalue weighted by Gasteiger charge is -2.17. The van der Waals surface area contributed by atoms with E-state index < -0.39 is 0 Å². The predicted molar refractivity (Wildman–Crippen MR) is 85.9 cm³/mol. The SMILES string of the molecule is COc1ccccc1CC(C)Nc1ccc2[nH]ncc2c1. The maximum Gasteiger partial charge on any atom is 0.122 e. The molecule has 108 valence electrons. The van der Waals surface area contributed by atoms with E-state index in [4.69, 9.17) is 4.74 Å². The number of hydrogen-bond acceptors (Lipinski definition) is 3. The first kappa shape index (κ1) is 13.5. The van der Waals surface area contributed by atoms with Crippen LogP contribution < -0.4 is 10.1 Å². The van der Waals surface area contributed by atoms with E-state index in [0.717, 1.165) is 28.8 Å². The molecule has 21 heavy (non-hydrogen) atoms. The van der Waals surface area contributed by atoms with Crippen molar-refractivity contribution < 1.29 is 4.74 Å². The first-order valence-corrected chi connectivity index (χ1v) is 7.08. The predicted octanol–water partition coefficient (Wildman–Crippen LogP) is 3.61. The fraction of sp³-hybridized carbons (Fsp3) is 0.235. The molecule has 0 aliphatic carbocycles. The second-order valence-corrected chi connectivity index (χ2v) is 5.23. The molecule has 2 N–H and O–H groups in total. The quantitative estimate of drug-likeness (QED) is 0.751. The lowest BCUT2D eigenvalue weighted by atomic mass is 10.1. The Hall–Kier alpha value is -2.49. The minimum Gasteiger partial charge on any atom is -0.496 e. The summed E-state index contributed by atoms with van der Waals surface area (Å²) in [5.74, 6) is 0.941. The minimum atomic E-state index is 0.311. The smallest absolute Gasteiger partial charge is 0.122 e. The largest absolute Gasteiger partial charge is 0.496 e. The minimum absolute atomic E-state index is 0.311. The highest BCUT2D eigenvalue weighted by Crippen LogP contribution is 2.21. The molecule has 0 aliphatic heterocycles. The van der Waals surface area contributed by atoms with Gasteiger partial charge >= 0.3 is 0 Å². The molecule has 2 aromatic carbocycles. The number of para-hydroxylation sites is 1. The molecule has 1 heterocycles. The number of ether oxygens (including phenoxy) is 1. The highest BCUT2D eigenvalue weighted by Gasteiger charge is 2.08. The Labute approximate surface area is 124 Å². The molecule has 0 aliphatic rings. The fourth-order valence-electron chi connectivity index (χ4n) is 2.57. The number of nitrogens with one attached hydrogen (secondary N) is 2. The third kappa shape index (κ3) is 2.99. The van der Waals surface area contributed by atoms with Gasteiger partial charge in [-0.2, -0.15) is 5.10 Å². The zero-order chi connectivity index (χ0) is 14.7. The van der Waals surface area contributed by atoms with Gasteiger partial charge in [0, 0.05) is 17.1 Å². The summed E-state index contributed by atoms with van der Waals surface area (Å²) in [6.45, 7) is 2.17. The Balaban J connectivity index is 1.72. The van der Waals surface area contributed by atoms with Crippen LogP contribution in [0.2, 0.25) is 0 Å². The lowest BCUT2D eigenvalue weighted by Crippen LogP contribution is -2.18. The van der Waals surface area contributed by atoms with Crippen molar-refractivity contribution in [2.75, 3.05) is 12.4 Å². The van der Waals surface area contributed by atoms with Crippen LogP contribution in [-0.4, -0.2) is 23.3 Å². The van der Waals surface area contributed by atoms with Crippen molar-refractivity contribution in [3.05, 3.63) is 54.2 Å². The highest BCUT2D eigenvalue weighted by molar-refractivity contribution is 5.81. The molecule has 0 fully saturated rings. The van der Waals surface area contributed by atoms with E-state index >= 15 is 0 Å². The normalized spacial score (nSPS) is 12.3. The zero-order valence-electron chi connectivity index (χ0n) is 12.3. The number of nitrogens with zero attached hydrogens (tertiary/aromatic N) is 1. The van der Waals surface area contributed by atoms with E-state index in [-0.39, 0.29) is 0 Å². The van der Waals surface area contributed by atoms with Gasteiger partial charge in [-0.1, -0.05) is 18.2 Å². The van der Waals surface area contributed by atoms with E-state index in [9.17, 15) is 0 Å². The number of anilines is 1. The summed E-state index contributed by atoms with van der Waals surface area (Å²) in [6, 6.07) is 14.7. The number of fused-ring (bicyclic) bond motifs is 1. The molecule has 0 amide bonds. The first-order chi connectivity index (χ1) is 10.3. The molecule has 0 saturated carbocycles. The number of aromatic nitrogens is 2. The third-order valence-corrected chi connectivity index (χ3v) is 3.57. The van der Waals surface area contributed by atoms with Gasteiger partial charge in [0.05, 0.1) is 18.8 Å². The molecule has 4 nitrogen and oxygen atoms in total. The Kier molecular flexibility index (Phi) is 3.77. The molecular weight excluding hydrogens is 262 g/mol. The van der Waals surface area contributed by atoms with Crippen LogP contribution in [0.1, 0.15) is 12.5 Å². The van der Waals surface area contributed by atoms with Crippen LogP contribution in [-0.2, 0) is 6.42 Å². The molecule has 0 spiro atoms. The average molecular weight is 281 g/mol. The summed E-state index contributed by atoms with van der Waals surface area (Å²) in [5, 5.41) is 11.6. The number of rotatable bonds is 5. The number of H-pyrrole nitrogens is 1. The van der Waals surface area contributed by atoms with Crippen molar-refractivity contribution in [1.29, 1.82) is 0 Å². The van der Waals surface area contributed by atoms with Gasteiger partial charge in [-0.05, 0) is 43.2 Å². The van der Waals surface area contributed by atoms with Gasteiger partial charge in [-0.25, -0.2) is 0 Å². The molecule has 0 radical (unpaired) electrons. The molecule has 1 unspecified atom stereocenters. The van der Waals surface area contributed by atoms with Crippen LogP contribution in [0.5, 0.6) is 5.75 Å². The number of hydrogen-bond donors (Lipinski definition) is 2. The topological polar surface area (TPSA) is 49.9 Å². The molecular formula is C17H19N3O. The Morgan fingerprint density at radius 2 is 2.10 bits per heavy atom. The molecule has 4 heteroatoms. The van der Waals surface area contributed by atoms with Crippen LogP contribution in [0.4, 0.5) is 5.69 Å². The summed E-state index contributed by atoms with van der Waals surface area (Å²) in [7, 11) is 1.71. The Morgan fingerprint density at radius 1 is 1.24 bits per heavy atom. The zero-order valence-corrected chi connectivity index (χ0v) is 12.3. The van der Waals surface area contributed by atoms with Crippen molar-refractivity contribution >= 4 is 16.6 Å². The van der Waals surface area contributed by atoms with Crippen LogP contribution in [0.3, 0.4) is 0 Å². The second kappa shape index (κ2) is 5.87. The van der Waals surface area contributed by atoms with Gasteiger partial charge in [0.25, 0.3) is 0 Å². The number of aromatic amines is 1. The molecule has 0 bridgehead atoms. The summed E-state index contributed by atoms with van der Waals surface area (Å²) in [6.07, 6.45) is 2.75.